The van der Waals surface area contributed by atoms with Gasteiger partial charge in [-0.1, -0.05) is 48.0 Å². The van der Waals surface area contributed by atoms with Crippen LogP contribution in [0, 0.1) is 5.82 Å². The lowest BCUT2D eigenvalue weighted by Gasteiger charge is -2.20. The third kappa shape index (κ3) is 6.80. The van der Waals surface area contributed by atoms with Gasteiger partial charge in [-0.05, 0) is 23.3 Å². The van der Waals surface area contributed by atoms with Crippen molar-refractivity contribution in [3.8, 4) is 0 Å². The summed E-state index contributed by atoms with van der Waals surface area (Å²) in [6, 6.07) is 14.2. The van der Waals surface area contributed by atoms with E-state index in [0.717, 1.165) is 5.56 Å². The number of benzene rings is 2. The van der Waals surface area contributed by atoms with Gasteiger partial charge in [0, 0.05) is 20.6 Å². The van der Waals surface area contributed by atoms with Crippen molar-refractivity contribution in [3.63, 3.8) is 0 Å². The van der Waals surface area contributed by atoms with E-state index in [1.54, 1.807) is 6.07 Å². The number of halogens is 3. The summed E-state index contributed by atoms with van der Waals surface area (Å²) >= 11 is 5.66. The van der Waals surface area contributed by atoms with Crippen LogP contribution in [0.3, 0.4) is 0 Å². The van der Waals surface area contributed by atoms with Crippen molar-refractivity contribution in [1.82, 2.24) is 10.2 Å². The molecule has 0 aliphatic rings. The predicted molar refractivity (Wildman–Crippen MR) is 111 cm³/mol. The summed E-state index contributed by atoms with van der Waals surface area (Å²) in [6.07, 6.45) is -0.862. The number of nitrogens with one attached hydrogen (secondary N) is 1. The van der Waals surface area contributed by atoms with E-state index >= 15 is 0 Å². The summed E-state index contributed by atoms with van der Waals surface area (Å²) in [4.78, 5) is 6.35. The van der Waals surface area contributed by atoms with Crippen LogP contribution in [0.15, 0.2) is 53.5 Å². The first-order valence-corrected chi connectivity index (χ1v) is 7.97. The summed E-state index contributed by atoms with van der Waals surface area (Å²) in [6.45, 7) is 0.750. The highest BCUT2D eigenvalue weighted by Crippen LogP contribution is 2.19. The van der Waals surface area contributed by atoms with Gasteiger partial charge >= 0.3 is 0 Å². The molecule has 0 spiro atoms. The fraction of sp³-hybridized carbons (Fsp3) is 0.278. The number of aliphatic imine (C=N–C) groups is 1. The molecule has 0 aliphatic carbocycles. The Balaban J connectivity index is 0.00000312. The Kier molecular flexibility index (Phi) is 9.16. The number of hydrogen-bond donors (Lipinski definition) is 2. The monoisotopic (exact) mass is 477 g/mol. The Morgan fingerprint density at radius 1 is 1.24 bits per heavy atom. The van der Waals surface area contributed by atoms with Gasteiger partial charge < -0.3 is 15.3 Å². The molecule has 0 amide bonds. The van der Waals surface area contributed by atoms with E-state index in [-0.39, 0.29) is 35.5 Å². The van der Waals surface area contributed by atoms with E-state index in [9.17, 15) is 9.50 Å². The molecule has 0 aliphatic heterocycles. The number of aliphatic hydroxyl groups is 1. The molecule has 0 saturated heterocycles. The highest BCUT2D eigenvalue weighted by Gasteiger charge is 2.12. The topological polar surface area (TPSA) is 47.9 Å². The second-order valence-electron chi connectivity index (χ2n) is 5.59. The Hall–Kier alpha value is -1.38. The number of guanidine groups is 1. The summed E-state index contributed by atoms with van der Waals surface area (Å²) in [7, 11) is 3.73. The molecule has 0 aromatic heterocycles. The van der Waals surface area contributed by atoms with Gasteiger partial charge in [0.25, 0.3) is 0 Å². The van der Waals surface area contributed by atoms with E-state index < -0.39 is 11.9 Å². The molecule has 0 heterocycles. The maximum absolute atomic E-state index is 13.5. The summed E-state index contributed by atoms with van der Waals surface area (Å²) in [5, 5.41) is 13.3. The van der Waals surface area contributed by atoms with Gasteiger partial charge in [-0.25, -0.2) is 9.38 Å². The normalized spacial score (nSPS) is 12.3. The summed E-state index contributed by atoms with van der Waals surface area (Å²) in [5.74, 6) is 0.103. The smallest absolute Gasteiger partial charge is 0.193 e. The van der Waals surface area contributed by atoms with E-state index in [4.69, 9.17) is 11.6 Å². The van der Waals surface area contributed by atoms with Crippen LogP contribution in [0.5, 0.6) is 0 Å². The molecule has 1 unspecified atom stereocenters. The van der Waals surface area contributed by atoms with Crippen LogP contribution in [-0.4, -0.2) is 36.6 Å². The van der Waals surface area contributed by atoms with Crippen LogP contribution in [0.2, 0.25) is 5.02 Å². The highest BCUT2D eigenvalue weighted by atomic mass is 127. The first kappa shape index (κ1) is 21.7. The molecule has 2 N–H and O–H groups in total. The third-order valence-corrected chi connectivity index (χ3v) is 3.77. The minimum Gasteiger partial charge on any atom is -0.387 e. The van der Waals surface area contributed by atoms with Gasteiger partial charge in [0.15, 0.2) is 5.96 Å². The molecular weight excluding hydrogens is 456 g/mol. The minimum absolute atomic E-state index is 0. The average molecular weight is 478 g/mol. The molecule has 4 nitrogen and oxygen atoms in total. The second-order valence-corrected chi connectivity index (χ2v) is 6.00. The van der Waals surface area contributed by atoms with Gasteiger partial charge in [-0.3, -0.25) is 0 Å². The number of nitrogens with zero attached hydrogens (tertiary/aromatic N) is 2. The molecule has 0 bridgehead atoms. The molecule has 1 atom stereocenters. The molecule has 2 rings (SSSR count). The first-order chi connectivity index (χ1) is 11.5. The van der Waals surface area contributed by atoms with E-state index in [1.165, 1.54) is 12.1 Å². The van der Waals surface area contributed by atoms with Crippen molar-refractivity contribution in [2.75, 3.05) is 20.6 Å². The standard InChI is InChI=1S/C18H21ClFN3O.HI/c1-23(2)18(21-11-13-6-4-3-5-7-13)22-12-17(24)14-8-9-15(19)16(20)10-14;/h3-10,17,24H,11-12H2,1-2H3,(H,21,22);1H. The molecule has 25 heavy (non-hydrogen) atoms. The van der Waals surface area contributed by atoms with E-state index in [0.29, 0.717) is 18.1 Å². The Morgan fingerprint density at radius 2 is 1.92 bits per heavy atom. The highest BCUT2D eigenvalue weighted by molar-refractivity contribution is 14.0. The molecule has 0 saturated carbocycles. The zero-order valence-electron chi connectivity index (χ0n) is 14.1. The lowest BCUT2D eigenvalue weighted by Crippen LogP contribution is -2.38. The Bertz CT molecular complexity index is 698. The van der Waals surface area contributed by atoms with Gasteiger partial charge in [-0.15, -0.1) is 24.0 Å². The van der Waals surface area contributed by atoms with Crippen LogP contribution in [0.1, 0.15) is 17.2 Å². The van der Waals surface area contributed by atoms with Crippen molar-refractivity contribution in [1.29, 1.82) is 0 Å². The fourth-order valence-corrected chi connectivity index (χ4v) is 2.25. The number of aliphatic hydroxyl groups excluding tert-OH is 1. The zero-order valence-corrected chi connectivity index (χ0v) is 17.2. The van der Waals surface area contributed by atoms with E-state index in [2.05, 4.69) is 10.3 Å². The van der Waals surface area contributed by atoms with Gasteiger partial charge in [-0.2, -0.15) is 0 Å². The molecule has 0 fully saturated rings. The number of hydrogen-bond acceptors (Lipinski definition) is 2. The van der Waals surface area contributed by atoms with Crippen LogP contribution in [-0.2, 0) is 6.54 Å². The maximum Gasteiger partial charge on any atom is 0.193 e. The maximum atomic E-state index is 13.5. The molecule has 2 aromatic rings. The van der Waals surface area contributed by atoms with Gasteiger partial charge in [0.2, 0.25) is 0 Å². The largest absolute Gasteiger partial charge is 0.387 e. The molecule has 7 heteroatoms. The average Bonchev–Trinajstić information content (AvgIpc) is 2.57. The lowest BCUT2D eigenvalue weighted by atomic mass is 10.1. The van der Waals surface area contributed by atoms with Crippen molar-refractivity contribution in [3.05, 3.63) is 70.5 Å². The molecular formula is C18H22ClFIN3O. The first-order valence-electron chi connectivity index (χ1n) is 7.60. The molecule has 136 valence electrons. The minimum atomic E-state index is -0.862. The summed E-state index contributed by atoms with van der Waals surface area (Å²) in [5.41, 5.74) is 1.56. The molecule has 2 aromatic carbocycles. The van der Waals surface area contributed by atoms with Crippen molar-refractivity contribution >= 4 is 41.5 Å². The van der Waals surface area contributed by atoms with Crippen LogP contribution in [0.25, 0.3) is 0 Å². The SMILES string of the molecule is CN(C)C(=NCc1ccccc1)NCC(O)c1ccc(Cl)c(F)c1.I. The van der Waals surface area contributed by atoms with Crippen molar-refractivity contribution in [2.45, 2.75) is 12.6 Å². The Morgan fingerprint density at radius 3 is 2.52 bits per heavy atom. The number of rotatable bonds is 5. The van der Waals surface area contributed by atoms with Crippen molar-refractivity contribution in [2.24, 2.45) is 4.99 Å². The van der Waals surface area contributed by atoms with Gasteiger partial charge in [0.05, 0.1) is 17.7 Å². The fourth-order valence-electron chi connectivity index (χ4n) is 2.13. The second kappa shape index (κ2) is 10.6. The summed E-state index contributed by atoms with van der Waals surface area (Å²) < 4.78 is 13.5. The van der Waals surface area contributed by atoms with Gasteiger partial charge in [0.1, 0.15) is 5.82 Å². The van der Waals surface area contributed by atoms with Crippen molar-refractivity contribution < 1.29 is 9.50 Å². The molecule has 0 radical (unpaired) electrons. The van der Waals surface area contributed by atoms with Crippen LogP contribution >= 0.6 is 35.6 Å². The third-order valence-electron chi connectivity index (χ3n) is 3.46. The quantitative estimate of drug-likeness (QED) is 0.391. The zero-order chi connectivity index (χ0) is 17.5. The Labute approximate surface area is 169 Å². The predicted octanol–water partition coefficient (Wildman–Crippen LogP) is 3.84. The van der Waals surface area contributed by atoms with E-state index in [1.807, 2.05) is 49.3 Å². The lowest BCUT2D eigenvalue weighted by molar-refractivity contribution is 0.179. The van der Waals surface area contributed by atoms with Crippen LogP contribution in [0.4, 0.5) is 4.39 Å². The van der Waals surface area contributed by atoms with Crippen LogP contribution < -0.4 is 5.32 Å².